The Morgan fingerprint density at radius 3 is 1.97 bits per heavy atom. The maximum Gasteiger partial charge on any atom is 0.238 e. The number of amides is 1. The molecule has 0 aliphatic carbocycles. The van der Waals surface area contributed by atoms with Crippen LogP contribution in [-0.4, -0.2) is 34.8 Å². The molecule has 0 saturated carbocycles. The number of nitrogens with two attached hydrogens (primary N) is 1. The van der Waals surface area contributed by atoms with Crippen LogP contribution in [-0.2, 0) is 14.8 Å². The van der Waals surface area contributed by atoms with Crippen LogP contribution in [0.15, 0.2) is 95.0 Å². The van der Waals surface area contributed by atoms with Crippen LogP contribution >= 0.6 is 11.8 Å². The number of thioether (sulfide) groups is 1. The van der Waals surface area contributed by atoms with Gasteiger partial charge in [-0.1, -0.05) is 72.4 Å². The Morgan fingerprint density at radius 2 is 1.41 bits per heavy atom. The van der Waals surface area contributed by atoms with Gasteiger partial charge in [0.25, 0.3) is 0 Å². The zero-order valence-electron chi connectivity index (χ0n) is 18.1. The van der Waals surface area contributed by atoms with Crippen molar-refractivity contribution >= 4 is 33.4 Å². The van der Waals surface area contributed by atoms with Crippen molar-refractivity contribution in [2.75, 3.05) is 5.32 Å². The molecule has 4 aromatic rings. The number of sulfonamides is 1. The van der Waals surface area contributed by atoms with Gasteiger partial charge in [0, 0.05) is 16.8 Å². The monoisotopic (exact) mass is 491 g/mol. The summed E-state index contributed by atoms with van der Waals surface area (Å²) in [5.74, 6) is -0.287. The molecule has 0 spiro atoms. The van der Waals surface area contributed by atoms with Crippen molar-refractivity contribution in [1.29, 1.82) is 0 Å². The van der Waals surface area contributed by atoms with E-state index in [1.165, 1.54) is 36.0 Å². The number of carbonyl (C=O) groups excluding carboxylic acids is 1. The van der Waals surface area contributed by atoms with E-state index in [2.05, 4.69) is 15.5 Å². The van der Waals surface area contributed by atoms with Gasteiger partial charge in [-0.25, -0.2) is 18.5 Å². The van der Waals surface area contributed by atoms with Gasteiger partial charge in [0.1, 0.15) is 11.4 Å². The lowest BCUT2D eigenvalue weighted by Gasteiger charge is -2.13. The number of rotatable bonds is 7. The van der Waals surface area contributed by atoms with Crippen molar-refractivity contribution in [1.82, 2.24) is 15.2 Å². The summed E-state index contributed by atoms with van der Waals surface area (Å²) < 4.78 is 22.8. The molecule has 8 nitrogen and oxygen atoms in total. The van der Waals surface area contributed by atoms with Gasteiger partial charge in [-0.3, -0.25) is 4.79 Å². The Labute approximate surface area is 201 Å². The van der Waals surface area contributed by atoms with Crippen LogP contribution in [0.4, 0.5) is 5.69 Å². The van der Waals surface area contributed by atoms with Crippen LogP contribution in [0.25, 0.3) is 22.5 Å². The van der Waals surface area contributed by atoms with Crippen molar-refractivity contribution in [2.24, 2.45) is 5.14 Å². The topological polar surface area (TPSA) is 128 Å². The molecule has 1 atom stereocenters. The fraction of sp³-hybridized carbons (Fsp3) is 0.0833. The average molecular weight is 492 g/mol. The van der Waals surface area contributed by atoms with Crippen LogP contribution in [0, 0.1) is 0 Å². The molecule has 0 aliphatic rings. The lowest BCUT2D eigenvalue weighted by Crippen LogP contribution is -2.23. The molecule has 1 heterocycles. The van der Waals surface area contributed by atoms with Gasteiger partial charge in [-0.05, 0) is 31.2 Å². The third kappa shape index (κ3) is 5.66. The van der Waals surface area contributed by atoms with Crippen molar-refractivity contribution in [3.63, 3.8) is 0 Å². The SMILES string of the molecule is CC(Sc1nnc(-c2ccccc2)c(-c2ccccc2)n1)C(=O)Nc1ccc(S(N)(=O)=O)cc1. The minimum Gasteiger partial charge on any atom is -0.325 e. The molecular weight excluding hydrogens is 470 g/mol. The summed E-state index contributed by atoms with van der Waals surface area (Å²) in [7, 11) is -3.80. The molecule has 0 saturated heterocycles. The summed E-state index contributed by atoms with van der Waals surface area (Å²) in [6.07, 6.45) is 0. The molecular formula is C24H21N5O3S2. The Bertz CT molecular complexity index is 1400. The lowest BCUT2D eigenvalue weighted by atomic mass is 10.0. The van der Waals surface area contributed by atoms with E-state index >= 15 is 0 Å². The molecule has 3 aromatic carbocycles. The van der Waals surface area contributed by atoms with Crippen LogP contribution in [0.5, 0.6) is 0 Å². The van der Waals surface area contributed by atoms with E-state index < -0.39 is 15.3 Å². The normalized spacial score (nSPS) is 12.2. The highest BCUT2D eigenvalue weighted by atomic mass is 32.2. The standard InChI is InChI=1S/C24H21N5O3S2/c1-16(23(30)26-19-12-14-20(15-13-19)34(25,31)32)33-24-27-21(17-8-4-2-5-9-17)22(28-29-24)18-10-6-3-7-11-18/h2-16H,1H3,(H,26,30)(H2,25,31,32). The maximum absolute atomic E-state index is 12.7. The minimum atomic E-state index is -3.80. The largest absolute Gasteiger partial charge is 0.325 e. The van der Waals surface area contributed by atoms with E-state index in [4.69, 9.17) is 10.1 Å². The van der Waals surface area contributed by atoms with Crippen LogP contribution in [0.3, 0.4) is 0 Å². The first-order chi connectivity index (χ1) is 16.3. The van der Waals surface area contributed by atoms with Crippen LogP contribution in [0.2, 0.25) is 0 Å². The zero-order chi connectivity index (χ0) is 24.1. The smallest absolute Gasteiger partial charge is 0.238 e. The first-order valence-corrected chi connectivity index (χ1v) is 12.7. The van der Waals surface area contributed by atoms with Crippen molar-refractivity contribution in [3.8, 4) is 22.5 Å². The highest BCUT2D eigenvalue weighted by Gasteiger charge is 2.19. The molecule has 1 unspecified atom stereocenters. The predicted molar refractivity (Wildman–Crippen MR) is 132 cm³/mol. The maximum atomic E-state index is 12.7. The van der Waals surface area contributed by atoms with Gasteiger partial charge in [-0.2, -0.15) is 0 Å². The third-order valence-corrected chi connectivity index (χ3v) is 6.74. The van der Waals surface area contributed by atoms with E-state index in [1.807, 2.05) is 60.7 Å². The number of aromatic nitrogens is 3. The first kappa shape index (κ1) is 23.6. The number of nitrogens with one attached hydrogen (secondary N) is 1. The van der Waals surface area contributed by atoms with Gasteiger partial charge in [0.15, 0.2) is 0 Å². The van der Waals surface area contributed by atoms with E-state index in [0.29, 0.717) is 22.2 Å². The van der Waals surface area contributed by atoms with Crippen molar-refractivity contribution in [3.05, 3.63) is 84.9 Å². The molecule has 172 valence electrons. The van der Waals surface area contributed by atoms with Crippen molar-refractivity contribution < 1.29 is 13.2 Å². The summed E-state index contributed by atoms with van der Waals surface area (Å²) in [5, 5.41) is 16.4. The highest BCUT2D eigenvalue weighted by Crippen LogP contribution is 2.30. The number of primary sulfonamides is 1. The summed E-state index contributed by atoms with van der Waals surface area (Å²) >= 11 is 1.18. The first-order valence-electron chi connectivity index (χ1n) is 10.3. The molecule has 0 aliphatic heterocycles. The number of hydrogen-bond acceptors (Lipinski definition) is 7. The average Bonchev–Trinajstić information content (AvgIpc) is 2.85. The highest BCUT2D eigenvalue weighted by molar-refractivity contribution is 8.00. The summed E-state index contributed by atoms with van der Waals surface area (Å²) in [5.41, 5.74) is 3.57. The molecule has 0 radical (unpaired) electrons. The van der Waals surface area contributed by atoms with E-state index in [1.54, 1.807) is 6.92 Å². The summed E-state index contributed by atoms with van der Waals surface area (Å²) in [6.45, 7) is 1.73. The molecule has 0 bridgehead atoms. The number of benzene rings is 3. The fourth-order valence-electron chi connectivity index (χ4n) is 3.13. The second-order valence-corrected chi connectivity index (χ2v) is 10.2. The Kier molecular flexibility index (Phi) is 7.01. The molecule has 1 aromatic heterocycles. The summed E-state index contributed by atoms with van der Waals surface area (Å²) in [4.78, 5) is 17.4. The number of hydrogen-bond donors (Lipinski definition) is 2. The predicted octanol–water partition coefficient (Wildman–Crippen LogP) is 3.97. The van der Waals surface area contributed by atoms with Crippen molar-refractivity contribution in [2.45, 2.75) is 22.2 Å². The van der Waals surface area contributed by atoms with E-state index in [-0.39, 0.29) is 10.8 Å². The van der Waals surface area contributed by atoms with Gasteiger partial charge in [0.2, 0.25) is 21.1 Å². The Morgan fingerprint density at radius 1 is 0.853 bits per heavy atom. The number of nitrogens with zero attached hydrogens (tertiary/aromatic N) is 3. The van der Waals surface area contributed by atoms with Crippen LogP contribution in [0.1, 0.15) is 6.92 Å². The summed E-state index contributed by atoms with van der Waals surface area (Å²) in [6, 6.07) is 25.0. The molecule has 1 amide bonds. The zero-order valence-corrected chi connectivity index (χ0v) is 19.8. The van der Waals surface area contributed by atoms with E-state index in [0.717, 1.165) is 11.1 Å². The molecule has 34 heavy (non-hydrogen) atoms. The molecule has 10 heteroatoms. The Balaban J connectivity index is 1.54. The molecule has 4 rings (SSSR count). The van der Waals surface area contributed by atoms with Gasteiger partial charge < -0.3 is 5.32 Å². The Hall–Kier alpha value is -3.60. The number of carbonyl (C=O) groups is 1. The molecule has 3 N–H and O–H groups in total. The number of anilines is 1. The van der Waals surface area contributed by atoms with Gasteiger partial charge in [-0.15, -0.1) is 10.2 Å². The van der Waals surface area contributed by atoms with Gasteiger partial charge >= 0.3 is 0 Å². The lowest BCUT2D eigenvalue weighted by molar-refractivity contribution is -0.115. The third-order valence-electron chi connectivity index (χ3n) is 4.86. The fourth-order valence-corrected chi connectivity index (χ4v) is 4.36. The van der Waals surface area contributed by atoms with Gasteiger partial charge in [0.05, 0.1) is 10.1 Å². The second-order valence-electron chi connectivity index (χ2n) is 7.34. The van der Waals surface area contributed by atoms with Crippen LogP contribution < -0.4 is 10.5 Å². The molecule has 0 fully saturated rings. The van der Waals surface area contributed by atoms with E-state index in [9.17, 15) is 13.2 Å². The second kappa shape index (κ2) is 10.1. The minimum absolute atomic E-state index is 0.0284. The quantitative estimate of drug-likeness (QED) is 0.374.